The molecule has 0 bridgehead atoms. The first-order chi connectivity index (χ1) is 6.34. The molecule has 0 saturated carbocycles. The SMILES string of the molecule is [2H]C([2H])([2H])C(=O)N1CSC[C@@H]1C(=O)O. The van der Waals surface area contributed by atoms with Gasteiger partial charge < -0.3 is 10.0 Å². The molecule has 0 radical (unpaired) electrons. The number of carboxylic acid groups (broad SMARTS) is 1. The lowest BCUT2D eigenvalue weighted by Crippen LogP contribution is -2.40. The predicted octanol–water partition coefficient (Wildman–Crippen LogP) is -0.00760. The number of amides is 1. The van der Waals surface area contributed by atoms with Crippen molar-refractivity contribution in [2.75, 3.05) is 11.6 Å². The van der Waals surface area contributed by atoms with Crippen LogP contribution in [0.15, 0.2) is 0 Å². The molecule has 1 aliphatic heterocycles. The molecule has 1 aliphatic rings. The molecule has 0 aromatic heterocycles. The maximum atomic E-state index is 11.3. The number of carbonyl (C=O) groups excluding carboxylic acids is 1. The number of hydrogen-bond donors (Lipinski definition) is 1. The minimum Gasteiger partial charge on any atom is -0.480 e. The first-order valence-corrected chi connectivity index (χ1v) is 4.11. The molecule has 1 atom stereocenters. The van der Waals surface area contributed by atoms with Gasteiger partial charge in [-0.1, -0.05) is 0 Å². The summed E-state index contributed by atoms with van der Waals surface area (Å²) in [5.74, 6) is -1.87. The molecule has 1 fully saturated rings. The third kappa shape index (κ3) is 1.65. The van der Waals surface area contributed by atoms with Crippen molar-refractivity contribution in [2.45, 2.75) is 12.9 Å². The molecular formula is C6H9NO3S. The van der Waals surface area contributed by atoms with Crippen molar-refractivity contribution in [1.82, 2.24) is 4.90 Å². The number of aliphatic carboxylic acids is 1. The molecule has 0 aromatic carbocycles. The van der Waals surface area contributed by atoms with Crippen LogP contribution in [0.3, 0.4) is 0 Å². The van der Waals surface area contributed by atoms with Gasteiger partial charge in [-0.05, 0) is 0 Å². The average Bonchev–Trinajstić information content (AvgIpc) is 2.48. The summed E-state index contributed by atoms with van der Waals surface area (Å²) < 4.78 is 20.6. The minimum absolute atomic E-state index is 0.133. The molecule has 1 saturated heterocycles. The first kappa shape index (κ1) is 5.03. The largest absolute Gasteiger partial charge is 0.480 e. The van der Waals surface area contributed by atoms with E-state index in [1.165, 1.54) is 11.8 Å². The Bertz CT molecular complexity index is 268. The molecule has 0 spiro atoms. The Morgan fingerprint density at radius 1 is 1.82 bits per heavy atom. The molecule has 0 aliphatic carbocycles. The summed E-state index contributed by atoms with van der Waals surface area (Å²) in [4.78, 5) is 22.8. The van der Waals surface area contributed by atoms with Gasteiger partial charge in [0.15, 0.2) is 0 Å². The molecule has 1 amide bonds. The van der Waals surface area contributed by atoms with E-state index in [9.17, 15) is 9.59 Å². The number of hydrogen-bond acceptors (Lipinski definition) is 3. The maximum Gasteiger partial charge on any atom is 0.327 e. The Morgan fingerprint density at radius 3 is 3.09 bits per heavy atom. The third-order valence-corrected chi connectivity index (χ3v) is 2.44. The lowest BCUT2D eigenvalue weighted by atomic mass is 10.3. The van der Waals surface area contributed by atoms with Gasteiger partial charge in [0, 0.05) is 16.7 Å². The molecule has 0 unspecified atom stereocenters. The number of carboxylic acids is 1. The first-order valence-electron chi connectivity index (χ1n) is 4.45. The fourth-order valence-corrected chi connectivity index (χ4v) is 1.99. The normalized spacial score (nSPS) is 28.9. The number of carbonyl (C=O) groups is 2. The summed E-state index contributed by atoms with van der Waals surface area (Å²) in [6.45, 7) is -2.75. The van der Waals surface area contributed by atoms with Crippen LogP contribution in [-0.2, 0) is 9.59 Å². The van der Waals surface area contributed by atoms with Gasteiger partial charge >= 0.3 is 5.97 Å². The van der Waals surface area contributed by atoms with Crippen molar-refractivity contribution in [2.24, 2.45) is 0 Å². The highest BCUT2D eigenvalue weighted by molar-refractivity contribution is 7.99. The van der Waals surface area contributed by atoms with E-state index in [1.54, 1.807) is 0 Å². The van der Waals surface area contributed by atoms with Crippen LogP contribution in [0.5, 0.6) is 0 Å². The Balaban J connectivity index is 2.77. The van der Waals surface area contributed by atoms with Crippen LogP contribution in [0.2, 0.25) is 0 Å². The molecule has 1 rings (SSSR count). The summed E-state index contributed by atoms with van der Waals surface area (Å²) in [7, 11) is 0. The zero-order valence-electron chi connectivity index (χ0n) is 8.61. The Morgan fingerprint density at radius 2 is 2.55 bits per heavy atom. The highest BCUT2D eigenvalue weighted by Gasteiger charge is 2.32. The number of nitrogens with zero attached hydrogens (tertiary/aromatic N) is 1. The fourth-order valence-electron chi connectivity index (χ4n) is 0.847. The Labute approximate surface area is 72.8 Å². The second-order valence-corrected chi connectivity index (χ2v) is 3.13. The van der Waals surface area contributed by atoms with E-state index >= 15 is 0 Å². The topological polar surface area (TPSA) is 57.6 Å². The Hall–Kier alpha value is -0.710. The molecule has 4 nitrogen and oxygen atoms in total. The maximum absolute atomic E-state index is 11.3. The van der Waals surface area contributed by atoms with Crippen LogP contribution in [-0.4, -0.2) is 39.6 Å². The van der Waals surface area contributed by atoms with E-state index in [1.807, 2.05) is 0 Å². The summed E-state index contributed by atoms with van der Waals surface area (Å²) in [6.07, 6.45) is 0. The second kappa shape index (κ2) is 3.13. The van der Waals surface area contributed by atoms with Crippen LogP contribution >= 0.6 is 11.8 Å². The van der Waals surface area contributed by atoms with Crippen LogP contribution in [0.4, 0.5) is 0 Å². The van der Waals surface area contributed by atoms with E-state index in [0.29, 0.717) is 0 Å². The van der Waals surface area contributed by atoms with Crippen molar-refractivity contribution in [1.29, 1.82) is 0 Å². The minimum atomic E-state index is -2.75. The van der Waals surface area contributed by atoms with Crippen LogP contribution in [0.25, 0.3) is 0 Å². The molecule has 0 aromatic rings. The quantitative estimate of drug-likeness (QED) is 0.613. The van der Waals surface area contributed by atoms with Gasteiger partial charge in [0.2, 0.25) is 5.91 Å². The lowest BCUT2D eigenvalue weighted by molar-refractivity contribution is -0.146. The fraction of sp³-hybridized carbons (Fsp3) is 0.667. The third-order valence-electron chi connectivity index (χ3n) is 1.43. The van der Waals surface area contributed by atoms with Crippen molar-refractivity contribution < 1.29 is 18.8 Å². The predicted molar refractivity (Wildman–Crippen MR) is 41.3 cm³/mol. The van der Waals surface area contributed by atoms with Gasteiger partial charge in [0.1, 0.15) is 6.04 Å². The van der Waals surface area contributed by atoms with Gasteiger partial charge in [-0.15, -0.1) is 11.8 Å². The molecule has 62 valence electrons. The molecule has 1 N–H and O–H groups in total. The van der Waals surface area contributed by atoms with E-state index < -0.39 is 24.8 Å². The lowest BCUT2D eigenvalue weighted by Gasteiger charge is -2.17. The summed E-state index contributed by atoms with van der Waals surface area (Å²) in [5.41, 5.74) is 0. The zero-order chi connectivity index (χ0) is 10.9. The molecule has 1 heterocycles. The number of thioether (sulfide) groups is 1. The average molecular weight is 178 g/mol. The van der Waals surface area contributed by atoms with E-state index in [0.717, 1.165) is 4.90 Å². The summed E-state index contributed by atoms with van der Waals surface area (Å²) >= 11 is 1.24. The zero-order valence-corrected chi connectivity index (χ0v) is 6.43. The van der Waals surface area contributed by atoms with Crippen LogP contribution < -0.4 is 0 Å². The highest BCUT2D eigenvalue weighted by Crippen LogP contribution is 2.20. The molecule has 5 heteroatoms. The van der Waals surface area contributed by atoms with Gasteiger partial charge in [-0.2, -0.15) is 0 Å². The van der Waals surface area contributed by atoms with Crippen LogP contribution in [0.1, 0.15) is 11.0 Å². The standard InChI is InChI=1S/C6H9NO3S/c1-4(8)7-3-11-2-5(7)6(9)10/h5H,2-3H2,1H3,(H,9,10)/t5-/m1/s1/i1D3. The molecule has 11 heavy (non-hydrogen) atoms. The van der Waals surface area contributed by atoms with Gasteiger partial charge in [-0.3, -0.25) is 4.79 Å². The van der Waals surface area contributed by atoms with E-state index in [4.69, 9.17) is 9.22 Å². The monoisotopic (exact) mass is 178 g/mol. The number of rotatable bonds is 1. The summed E-state index contributed by atoms with van der Waals surface area (Å²) in [6, 6.07) is -1.01. The van der Waals surface area contributed by atoms with Gasteiger partial charge in [-0.25, -0.2) is 4.79 Å². The smallest absolute Gasteiger partial charge is 0.327 e. The Kier molecular flexibility index (Phi) is 1.43. The highest BCUT2D eigenvalue weighted by atomic mass is 32.2. The second-order valence-electron chi connectivity index (χ2n) is 2.13. The molecular weight excluding hydrogens is 166 g/mol. The van der Waals surface area contributed by atoms with Crippen LogP contribution in [0, 0.1) is 0 Å². The van der Waals surface area contributed by atoms with Crippen molar-refractivity contribution >= 4 is 23.6 Å². The van der Waals surface area contributed by atoms with Crippen molar-refractivity contribution in [3.63, 3.8) is 0 Å². The van der Waals surface area contributed by atoms with Gasteiger partial charge in [0.25, 0.3) is 0 Å². The van der Waals surface area contributed by atoms with Crippen molar-refractivity contribution in [3.05, 3.63) is 0 Å². The summed E-state index contributed by atoms with van der Waals surface area (Å²) in [5, 5.41) is 8.71. The van der Waals surface area contributed by atoms with E-state index in [2.05, 4.69) is 0 Å². The van der Waals surface area contributed by atoms with Crippen molar-refractivity contribution in [3.8, 4) is 0 Å². The van der Waals surface area contributed by atoms with E-state index in [-0.39, 0.29) is 11.6 Å². The van der Waals surface area contributed by atoms with Gasteiger partial charge in [0.05, 0.1) is 5.88 Å².